The van der Waals surface area contributed by atoms with E-state index in [4.69, 9.17) is 23.2 Å². The van der Waals surface area contributed by atoms with Gasteiger partial charge in [-0.3, -0.25) is 14.4 Å². The molecule has 1 aliphatic heterocycles. The Morgan fingerprint density at radius 1 is 0.943 bits per heavy atom. The van der Waals surface area contributed by atoms with Crippen molar-refractivity contribution in [2.75, 3.05) is 6.54 Å². The molecule has 1 saturated heterocycles. The second kappa shape index (κ2) is 11.9. The number of amides is 3. The van der Waals surface area contributed by atoms with Crippen LogP contribution in [0.4, 0.5) is 0 Å². The molecule has 2 fully saturated rings. The van der Waals surface area contributed by atoms with Crippen LogP contribution in [0.1, 0.15) is 60.9 Å². The van der Waals surface area contributed by atoms with Crippen LogP contribution in [-0.4, -0.2) is 41.2 Å². The lowest BCUT2D eigenvalue weighted by molar-refractivity contribution is -0.141. The predicted octanol–water partition coefficient (Wildman–Crippen LogP) is 4.98. The first-order valence-corrected chi connectivity index (χ1v) is 13.1. The molecule has 2 atom stereocenters. The summed E-state index contributed by atoms with van der Waals surface area (Å²) in [6.07, 6.45) is 6.26. The minimum Gasteiger partial charge on any atom is -0.350 e. The van der Waals surface area contributed by atoms with Gasteiger partial charge in [0.05, 0.1) is 10.6 Å². The first kappa shape index (κ1) is 25.5. The number of rotatable bonds is 7. The van der Waals surface area contributed by atoms with Crippen LogP contribution in [-0.2, 0) is 16.1 Å². The Bertz CT molecular complexity index is 1060. The lowest BCUT2D eigenvalue weighted by atomic mass is 9.83. The van der Waals surface area contributed by atoms with Crippen LogP contribution in [0.2, 0.25) is 10.0 Å². The van der Waals surface area contributed by atoms with E-state index < -0.39 is 18.0 Å². The quantitative estimate of drug-likeness (QED) is 0.545. The molecule has 6 nitrogen and oxygen atoms in total. The molecule has 35 heavy (non-hydrogen) atoms. The average Bonchev–Trinajstić information content (AvgIpc) is 3.37. The minimum atomic E-state index is -0.697. The molecule has 0 spiro atoms. The van der Waals surface area contributed by atoms with Crippen molar-refractivity contribution in [2.24, 2.45) is 5.92 Å². The number of hydrogen-bond donors (Lipinski definition) is 2. The normalized spacial score (nSPS) is 19.3. The van der Waals surface area contributed by atoms with Gasteiger partial charge in [-0.05, 0) is 55.4 Å². The van der Waals surface area contributed by atoms with Crippen molar-refractivity contribution in [3.63, 3.8) is 0 Å². The van der Waals surface area contributed by atoms with Gasteiger partial charge in [-0.2, -0.15) is 0 Å². The van der Waals surface area contributed by atoms with Crippen LogP contribution >= 0.6 is 23.2 Å². The molecule has 0 unspecified atom stereocenters. The van der Waals surface area contributed by atoms with Crippen LogP contribution in [0.5, 0.6) is 0 Å². The number of likely N-dealkylation sites (tertiary alicyclic amines) is 1. The number of nitrogens with one attached hydrogen (secondary N) is 2. The van der Waals surface area contributed by atoms with E-state index in [2.05, 4.69) is 10.6 Å². The molecule has 0 radical (unpaired) electrons. The molecule has 1 heterocycles. The van der Waals surface area contributed by atoms with Crippen LogP contribution < -0.4 is 10.6 Å². The fourth-order valence-electron chi connectivity index (χ4n) is 5.13. The van der Waals surface area contributed by atoms with Gasteiger partial charge in [-0.1, -0.05) is 72.8 Å². The third kappa shape index (κ3) is 6.36. The second-order valence-corrected chi connectivity index (χ2v) is 10.2. The fraction of sp³-hybridized carbons (Fsp3) is 0.444. The number of halogens is 2. The molecule has 4 rings (SSSR count). The standard InChI is InChI=1S/C27H31Cl2N3O3/c28-20-13-14-21(22(29)16-20)25(33)31-24(19-10-5-2-6-11-19)27(35)32-15-7-12-23(32)26(34)30-17-18-8-3-1-4-9-18/h1,3-4,8-9,13-14,16,19,23-24H,2,5-7,10-12,15,17H2,(H,30,34)(H,31,33)/t23-,24-/m0/s1. The molecule has 0 bridgehead atoms. The molecule has 2 aromatic carbocycles. The van der Waals surface area contributed by atoms with Crippen molar-refractivity contribution in [1.82, 2.24) is 15.5 Å². The van der Waals surface area contributed by atoms with Gasteiger partial charge in [0.2, 0.25) is 11.8 Å². The Balaban J connectivity index is 1.49. The summed E-state index contributed by atoms with van der Waals surface area (Å²) >= 11 is 12.2. The summed E-state index contributed by atoms with van der Waals surface area (Å²) in [6.45, 7) is 0.916. The zero-order chi connectivity index (χ0) is 24.8. The molecule has 2 aliphatic rings. The van der Waals surface area contributed by atoms with Crippen molar-refractivity contribution in [3.05, 3.63) is 69.7 Å². The Hall–Kier alpha value is -2.57. The van der Waals surface area contributed by atoms with Gasteiger partial charge >= 0.3 is 0 Å². The maximum Gasteiger partial charge on any atom is 0.253 e. The van der Waals surface area contributed by atoms with E-state index in [-0.39, 0.29) is 28.3 Å². The molecule has 1 aliphatic carbocycles. The molecule has 3 amide bonds. The van der Waals surface area contributed by atoms with Crippen molar-refractivity contribution in [1.29, 1.82) is 0 Å². The first-order valence-electron chi connectivity index (χ1n) is 12.3. The van der Waals surface area contributed by atoms with E-state index in [9.17, 15) is 14.4 Å². The Morgan fingerprint density at radius 3 is 2.40 bits per heavy atom. The second-order valence-electron chi connectivity index (χ2n) is 9.37. The van der Waals surface area contributed by atoms with Gasteiger partial charge in [0.25, 0.3) is 5.91 Å². The molecular formula is C27H31Cl2N3O3. The van der Waals surface area contributed by atoms with Crippen LogP contribution in [0, 0.1) is 5.92 Å². The summed E-state index contributed by atoms with van der Waals surface area (Å²) in [5.74, 6) is -0.721. The predicted molar refractivity (Wildman–Crippen MR) is 137 cm³/mol. The Kier molecular flexibility index (Phi) is 8.69. The van der Waals surface area contributed by atoms with E-state index in [1.807, 2.05) is 30.3 Å². The number of carbonyl (C=O) groups excluding carboxylic acids is 3. The summed E-state index contributed by atoms with van der Waals surface area (Å²) in [4.78, 5) is 41.6. The van der Waals surface area contributed by atoms with Gasteiger partial charge in [0, 0.05) is 18.1 Å². The number of carbonyl (C=O) groups is 3. The summed E-state index contributed by atoms with van der Waals surface area (Å²) in [6, 6.07) is 13.1. The topological polar surface area (TPSA) is 78.5 Å². The lowest BCUT2D eigenvalue weighted by Gasteiger charge is -2.34. The molecule has 2 N–H and O–H groups in total. The zero-order valence-electron chi connectivity index (χ0n) is 19.6. The number of nitrogens with zero attached hydrogens (tertiary/aromatic N) is 1. The van der Waals surface area contributed by atoms with Crippen molar-refractivity contribution >= 4 is 40.9 Å². The molecule has 0 aromatic heterocycles. The highest BCUT2D eigenvalue weighted by atomic mass is 35.5. The maximum absolute atomic E-state index is 13.8. The summed E-state index contributed by atoms with van der Waals surface area (Å²) in [5, 5.41) is 6.62. The third-order valence-electron chi connectivity index (χ3n) is 7.00. The van der Waals surface area contributed by atoms with Crippen molar-refractivity contribution in [2.45, 2.75) is 63.6 Å². The Morgan fingerprint density at radius 2 is 1.69 bits per heavy atom. The summed E-state index contributed by atoms with van der Waals surface area (Å²) < 4.78 is 0. The van der Waals surface area contributed by atoms with Crippen LogP contribution in [0.25, 0.3) is 0 Å². The molecule has 1 saturated carbocycles. The highest BCUT2D eigenvalue weighted by molar-refractivity contribution is 6.36. The van der Waals surface area contributed by atoms with Crippen LogP contribution in [0.15, 0.2) is 48.5 Å². The number of benzene rings is 2. The van der Waals surface area contributed by atoms with Gasteiger partial charge in [0.1, 0.15) is 12.1 Å². The van der Waals surface area contributed by atoms with Gasteiger partial charge in [-0.25, -0.2) is 0 Å². The largest absolute Gasteiger partial charge is 0.350 e. The van der Waals surface area contributed by atoms with Gasteiger partial charge < -0.3 is 15.5 Å². The summed E-state index contributed by atoms with van der Waals surface area (Å²) in [5.41, 5.74) is 1.28. The molecule has 8 heteroatoms. The summed E-state index contributed by atoms with van der Waals surface area (Å²) in [7, 11) is 0. The highest BCUT2D eigenvalue weighted by Gasteiger charge is 2.40. The number of hydrogen-bond acceptors (Lipinski definition) is 3. The van der Waals surface area contributed by atoms with E-state index >= 15 is 0 Å². The lowest BCUT2D eigenvalue weighted by Crippen LogP contribution is -2.56. The zero-order valence-corrected chi connectivity index (χ0v) is 21.2. The molecule has 2 aromatic rings. The fourth-order valence-corrected chi connectivity index (χ4v) is 5.62. The Labute approximate surface area is 216 Å². The van der Waals surface area contributed by atoms with Crippen molar-refractivity contribution < 1.29 is 14.4 Å². The SMILES string of the molecule is O=C(N[C@H](C(=O)N1CCC[C@H]1C(=O)NCc1ccccc1)C1CCCCC1)c1ccc(Cl)cc1Cl. The minimum absolute atomic E-state index is 0.0277. The van der Waals surface area contributed by atoms with Crippen LogP contribution in [0.3, 0.4) is 0 Å². The van der Waals surface area contributed by atoms with E-state index in [1.165, 1.54) is 6.07 Å². The first-order chi connectivity index (χ1) is 16.9. The van der Waals surface area contributed by atoms with E-state index in [0.29, 0.717) is 24.5 Å². The highest BCUT2D eigenvalue weighted by Crippen LogP contribution is 2.30. The maximum atomic E-state index is 13.8. The molecule has 186 valence electrons. The van der Waals surface area contributed by atoms with Gasteiger partial charge in [0.15, 0.2) is 0 Å². The van der Waals surface area contributed by atoms with E-state index in [0.717, 1.165) is 44.1 Å². The van der Waals surface area contributed by atoms with E-state index in [1.54, 1.807) is 17.0 Å². The van der Waals surface area contributed by atoms with Crippen molar-refractivity contribution in [3.8, 4) is 0 Å². The molecular weight excluding hydrogens is 485 g/mol. The monoisotopic (exact) mass is 515 g/mol. The van der Waals surface area contributed by atoms with Gasteiger partial charge in [-0.15, -0.1) is 0 Å². The smallest absolute Gasteiger partial charge is 0.253 e. The average molecular weight is 516 g/mol. The third-order valence-corrected chi connectivity index (χ3v) is 7.55.